The first kappa shape index (κ1) is 21.2. The Morgan fingerprint density at radius 2 is 1.88 bits per heavy atom. The monoisotopic (exact) mass is 342 g/mol. The molecule has 1 aliphatic rings. The molecule has 0 aromatic carbocycles. The summed E-state index contributed by atoms with van der Waals surface area (Å²) in [6, 6.07) is 0.469. The van der Waals surface area contributed by atoms with Crippen LogP contribution in [0.15, 0.2) is 0 Å². The number of carbonyl (C=O) groups is 1. The van der Waals surface area contributed by atoms with Gasteiger partial charge in [-0.25, -0.2) is 4.79 Å². The zero-order valence-electron chi connectivity index (χ0n) is 16.9. The minimum atomic E-state index is -0.458. The second kappa shape index (κ2) is 8.52. The Bertz CT molecular complexity index is 402. The summed E-state index contributed by atoms with van der Waals surface area (Å²) < 4.78 is 11.1. The lowest BCUT2D eigenvalue weighted by atomic mass is 9.64. The van der Waals surface area contributed by atoms with Crippen LogP contribution >= 0.6 is 0 Å². The van der Waals surface area contributed by atoms with Gasteiger partial charge in [-0.1, -0.05) is 27.7 Å². The predicted molar refractivity (Wildman–Crippen MR) is 98.2 cm³/mol. The Balaban J connectivity index is 2.41. The Hall–Kier alpha value is -0.810. The molecular weight excluding hydrogens is 304 g/mol. The summed E-state index contributed by atoms with van der Waals surface area (Å²) >= 11 is 0. The van der Waals surface area contributed by atoms with Crippen LogP contribution in [-0.2, 0) is 9.47 Å². The summed E-state index contributed by atoms with van der Waals surface area (Å²) in [4.78, 5) is 11.8. The van der Waals surface area contributed by atoms with Gasteiger partial charge in [-0.2, -0.15) is 0 Å². The minimum absolute atomic E-state index is 0.163. The van der Waals surface area contributed by atoms with Gasteiger partial charge in [-0.3, -0.25) is 0 Å². The second-order valence-corrected chi connectivity index (χ2v) is 8.85. The van der Waals surface area contributed by atoms with Crippen LogP contribution in [0.25, 0.3) is 0 Å². The molecule has 2 N–H and O–H groups in total. The largest absolute Gasteiger partial charge is 0.444 e. The van der Waals surface area contributed by atoms with E-state index in [9.17, 15) is 4.79 Å². The van der Waals surface area contributed by atoms with Gasteiger partial charge in [0, 0.05) is 31.2 Å². The molecule has 1 saturated carbocycles. The van der Waals surface area contributed by atoms with E-state index in [0.29, 0.717) is 30.5 Å². The van der Waals surface area contributed by atoms with Crippen LogP contribution in [0, 0.1) is 17.3 Å². The summed E-state index contributed by atoms with van der Waals surface area (Å²) in [5.74, 6) is 0.859. The van der Waals surface area contributed by atoms with Crippen LogP contribution in [0.5, 0.6) is 0 Å². The van der Waals surface area contributed by atoms with Crippen molar-refractivity contribution >= 4 is 6.09 Å². The Morgan fingerprint density at radius 1 is 1.25 bits per heavy atom. The Kier molecular flexibility index (Phi) is 7.54. The molecule has 0 heterocycles. The fraction of sp³-hybridized carbons (Fsp3) is 0.947. The molecule has 0 aromatic heterocycles. The first-order valence-corrected chi connectivity index (χ1v) is 9.29. The molecule has 1 fully saturated rings. The number of amides is 1. The van der Waals surface area contributed by atoms with Crippen molar-refractivity contribution in [1.82, 2.24) is 10.6 Å². The van der Waals surface area contributed by atoms with Gasteiger partial charge >= 0.3 is 6.09 Å². The van der Waals surface area contributed by atoms with E-state index in [0.717, 1.165) is 19.6 Å². The Labute approximate surface area is 148 Å². The van der Waals surface area contributed by atoms with Crippen LogP contribution in [0.4, 0.5) is 4.79 Å². The highest BCUT2D eigenvalue weighted by atomic mass is 16.6. The summed E-state index contributed by atoms with van der Waals surface area (Å²) in [5, 5.41) is 6.58. The molecule has 142 valence electrons. The lowest BCUT2D eigenvalue weighted by Crippen LogP contribution is -2.61. The molecule has 0 bridgehead atoms. The van der Waals surface area contributed by atoms with Crippen molar-refractivity contribution in [3.8, 4) is 0 Å². The quantitative estimate of drug-likeness (QED) is 0.708. The zero-order chi connectivity index (χ0) is 18.5. The highest BCUT2D eigenvalue weighted by Gasteiger charge is 2.48. The number of ether oxygens (including phenoxy) is 2. The van der Waals surface area contributed by atoms with Crippen molar-refractivity contribution in [3.05, 3.63) is 0 Å². The smallest absolute Gasteiger partial charge is 0.407 e. The van der Waals surface area contributed by atoms with Gasteiger partial charge in [-0.05, 0) is 46.0 Å². The number of nitrogens with one attached hydrogen (secondary N) is 2. The van der Waals surface area contributed by atoms with E-state index in [4.69, 9.17) is 9.47 Å². The molecule has 3 atom stereocenters. The molecule has 0 aliphatic heterocycles. The maximum atomic E-state index is 11.8. The zero-order valence-corrected chi connectivity index (χ0v) is 16.9. The summed E-state index contributed by atoms with van der Waals surface area (Å²) in [5.41, 5.74) is -0.296. The molecule has 1 aliphatic carbocycles. The molecule has 0 aromatic rings. The van der Waals surface area contributed by atoms with Crippen molar-refractivity contribution in [1.29, 1.82) is 0 Å². The molecule has 0 saturated heterocycles. The predicted octanol–water partition coefficient (Wildman–Crippen LogP) is 3.58. The average molecular weight is 343 g/mol. The highest BCUT2D eigenvalue weighted by molar-refractivity contribution is 5.67. The third-order valence-electron chi connectivity index (χ3n) is 5.02. The van der Waals surface area contributed by atoms with E-state index < -0.39 is 5.60 Å². The maximum Gasteiger partial charge on any atom is 0.407 e. The minimum Gasteiger partial charge on any atom is -0.444 e. The van der Waals surface area contributed by atoms with E-state index in [2.05, 4.69) is 38.3 Å². The van der Waals surface area contributed by atoms with Crippen molar-refractivity contribution in [2.45, 2.75) is 79.6 Å². The third-order valence-corrected chi connectivity index (χ3v) is 5.02. The van der Waals surface area contributed by atoms with E-state index in [1.165, 1.54) is 0 Å². The first-order valence-electron chi connectivity index (χ1n) is 9.29. The summed E-state index contributed by atoms with van der Waals surface area (Å²) in [7, 11) is 0. The van der Waals surface area contributed by atoms with E-state index in [1.54, 1.807) is 0 Å². The van der Waals surface area contributed by atoms with E-state index in [-0.39, 0.29) is 11.5 Å². The van der Waals surface area contributed by atoms with E-state index in [1.807, 2.05) is 27.7 Å². The van der Waals surface area contributed by atoms with Gasteiger partial charge in [0.25, 0.3) is 0 Å². The van der Waals surface area contributed by atoms with Crippen molar-refractivity contribution < 1.29 is 14.3 Å². The Morgan fingerprint density at radius 3 is 2.33 bits per heavy atom. The van der Waals surface area contributed by atoms with Gasteiger partial charge in [0.2, 0.25) is 0 Å². The van der Waals surface area contributed by atoms with Gasteiger partial charge < -0.3 is 20.1 Å². The van der Waals surface area contributed by atoms with Crippen molar-refractivity contribution in [2.75, 3.05) is 19.7 Å². The lowest BCUT2D eigenvalue weighted by Gasteiger charge is -2.52. The third kappa shape index (κ3) is 6.25. The maximum absolute atomic E-state index is 11.8. The van der Waals surface area contributed by atoms with E-state index >= 15 is 0 Å². The van der Waals surface area contributed by atoms with Gasteiger partial charge in [0.15, 0.2) is 0 Å². The fourth-order valence-corrected chi connectivity index (χ4v) is 3.08. The standard InChI is InChI=1S/C19H38N2O3/c1-9-23-16-10-15(19(16,7)8)20-11-14(13(2)3)12-21-17(22)24-18(4,5)6/h13-16,20H,9-12H2,1-8H3,(H,21,22). The molecule has 3 unspecified atom stereocenters. The van der Waals surface area contributed by atoms with Crippen LogP contribution in [0.1, 0.15) is 61.8 Å². The molecule has 5 heteroatoms. The molecule has 5 nitrogen and oxygen atoms in total. The number of hydrogen-bond donors (Lipinski definition) is 2. The molecule has 0 spiro atoms. The molecule has 1 amide bonds. The second-order valence-electron chi connectivity index (χ2n) is 8.85. The highest BCUT2D eigenvalue weighted by Crippen LogP contribution is 2.42. The van der Waals surface area contributed by atoms with Gasteiger partial charge in [-0.15, -0.1) is 0 Å². The van der Waals surface area contributed by atoms with Gasteiger partial charge in [0.1, 0.15) is 5.60 Å². The topological polar surface area (TPSA) is 59.6 Å². The fourth-order valence-electron chi connectivity index (χ4n) is 3.08. The lowest BCUT2D eigenvalue weighted by molar-refractivity contribution is -0.114. The molecule has 24 heavy (non-hydrogen) atoms. The molecule has 1 rings (SSSR count). The van der Waals surface area contributed by atoms with Gasteiger partial charge in [0.05, 0.1) is 6.10 Å². The summed E-state index contributed by atoms with van der Waals surface area (Å²) in [6.07, 6.45) is 1.07. The average Bonchev–Trinajstić information content (AvgIpc) is 2.42. The van der Waals surface area contributed by atoms with Crippen LogP contribution in [0.3, 0.4) is 0 Å². The van der Waals surface area contributed by atoms with Crippen molar-refractivity contribution in [3.63, 3.8) is 0 Å². The molecule has 0 radical (unpaired) electrons. The number of alkyl carbamates (subject to hydrolysis) is 1. The normalized spacial score (nSPS) is 24.4. The van der Waals surface area contributed by atoms with Crippen LogP contribution in [0.2, 0.25) is 0 Å². The number of hydrogen-bond acceptors (Lipinski definition) is 4. The summed E-state index contributed by atoms with van der Waals surface area (Å²) in [6.45, 7) is 18.9. The number of rotatable bonds is 8. The van der Waals surface area contributed by atoms with Crippen LogP contribution < -0.4 is 10.6 Å². The SMILES string of the molecule is CCOC1CC(NCC(CNC(=O)OC(C)(C)C)C(C)C)C1(C)C. The van der Waals surface area contributed by atoms with Crippen LogP contribution in [-0.4, -0.2) is 43.5 Å². The van der Waals surface area contributed by atoms with Crippen molar-refractivity contribution in [2.24, 2.45) is 17.3 Å². The number of carbonyl (C=O) groups excluding carboxylic acids is 1. The first-order chi connectivity index (χ1) is 11.0. The molecular formula is C19H38N2O3.